The fourth-order valence-corrected chi connectivity index (χ4v) is 7.42. The number of nitrogens with one attached hydrogen (secondary N) is 1. The zero-order valence-electron chi connectivity index (χ0n) is 33.0. The Balaban J connectivity index is 3.83. The molecular weight excluding hydrogens is 643 g/mol. The van der Waals surface area contributed by atoms with Crippen molar-refractivity contribution in [3.05, 3.63) is 24.3 Å². The Morgan fingerprint density at radius 1 is 0.540 bits per heavy atom. The predicted molar refractivity (Wildman–Crippen MR) is 216 cm³/mol. The second-order valence-corrected chi connectivity index (χ2v) is 16.5. The molecule has 7 heteroatoms. The van der Waals surface area contributed by atoms with Gasteiger partial charge in [0, 0.05) is 6.42 Å². The molecule has 0 rings (SSSR count). The normalized spacial score (nSPS) is 13.4. The third kappa shape index (κ3) is 38.1. The van der Waals surface area contributed by atoms with Gasteiger partial charge in [0.2, 0.25) is 5.91 Å². The van der Waals surface area contributed by atoms with Gasteiger partial charge in [0.25, 0.3) is 10.1 Å². The molecule has 0 aliphatic heterocycles. The Bertz CT molecular complexity index is 888. The molecule has 0 aromatic rings. The van der Waals surface area contributed by atoms with Crippen molar-refractivity contribution >= 4 is 16.0 Å². The van der Waals surface area contributed by atoms with Gasteiger partial charge < -0.3 is 10.4 Å². The molecule has 0 radical (unpaired) electrons. The van der Waals surface area contributed by atoms with Crippen LogP contribution in [0.5, 0.6) is 0 Å². The van der Waals surface area contributed by atoms with Crippen LogP contribution < -0.4 is 5.32 Å². The highest BCUT2D eigenvalue weighted by atomic mass is 32.2. The lowest BCUT2D eigenvalue weighted by molar-refractivity contribution is -0.122. The van der Waals surface area contributed by atoms with E-state index in [0.717, 1.165) is 44.9 Å². The van der Waals surface area contributed by atoms with Crippen molar-refractivity contribution in [2.45, 2.75) is 238 Å². The third-order valence-electron chi connectivity index (χ3n) is 9.91. The molecule has 0 saturated carbocycles. The van der Waals surface area contributed by atoms with Crippen LogP contribution in [0.2, 0.25) is 0 Å². The van der Waals surface area contributed by atoms with Crippen molar-refractivity contribution in [3.8, 4) is 0 Å². The Morgan fingerprint density at radius 3 is 1.34 bits per heavy atom. The molecule has 0 aliphatic carbocycles. The van der Waals surface area contributed by atoms with Crippen LogP contribution in [-0.2, 0) is 14.9 Å². The number of hydrogen-bond acceptors (Lipinski definition) is 4. The van der Waals surface area contributed by atoms with Crippen molar-refractivity contribution in [2.75, 3.05) is 5.75 Å². The van der Waals surface area contributed by atoms with Crippen LogP contribution in [-0.4, -0.2) is 41.9 Å². The molecular formula is C43H83NO5S. The van der Waals surface area contributed by atoms with Crippen molar-refractivity contribution in [2.24, 2.45) is 0 Å². The summed E-state index contributed by atoms with van der Waals surface area (Å²) < 4.78 is 32.6. The maximum absolute atomic E-state index is 12.5. The number of carbonyl (C=O) groups is 1. The monoisotopic (exact) mass is 726 g/mol. The van der Waals surface area contributed by atoms with Crippen molar-refractivity contribution < 1.29 is 22.9 Å². The molecule has 0 heterocycles. The summed E-state index contributed by atoms with van der Waals surface area (Å²) in [7, 11) is -4.31. The highest BCUT2D eigenvalue weighted by Crippen LogP contribution is 2.16. The molecule has 2 atom stereocenters. The van der Waals surface area contributed by atoms with Gasteiger partial charge in [0.15, 0.2) is 0 Å². The van der Waals surface area contributed by atoms with E-state index in [4.69, 9.17) is 0 Å². The molecule has 1 amide bonds. The molecule has 3 N–H and O–H groups in total. The lowest BCUT2D eigenvalue weighted by atomic mass is 10.0. The maximum Gasteiger partial charge on any atom is 0.266 e. The molecule has 0 saturated heterocycles. The second-order valence-electron chi connectivity index (χ2n) is 15.0. The lowest BCUT2D eigenvalue weighted by Gasteiger charge is -2.23. The van der Waals surface area contributed by atoms with E-state index >= 15 is 0 Å². The smallest absolute Gasteiger partial charge is 0.266 e. The first-order valence-corrected chi connectivity index (χ1v) is 23.1. The summed E-state index contributed by atoms with van der Waals surface area (Å²) in [5.41, 5.74) is 0. The van der Waals surface area contributed by atoms with Crippen molar-refractivity contribution in [1.82, 2.24) is 5.32 Å². The van der Waals surface area contributed by atoms with E-state index in [9.17, 15) is 22.9 Å². The summed E-state index contributed by atoms with van der Waals surface area (Å²) in [6, 6.07) is -0.971. The fourth-order valence-electron chi connectivity index (χ4n) is 6.66. The van der Waals surface area contributed by atoms with E-state index in [-0.39, 0.29) is 5.91 Å². The van der Waals surface area contributed by atoms with Gasteiger partial charge in [0.05, 0.1) is 17.9 Å². The Labute approximate surface area is 311 Å². The molecule has 0 fully saturated rings. The number of aliphatic hydroxyl groups is 1. The Kier molecular flexibility index (Phi) is 36.7. The fraction of sp³-hybridized carbons (Fsp3) is 0.884. The molecule has 0 aromatic carbocycles. The first-order chi connectivity index (χ1) is 24.3. The van der Waals surface area contributed by atoms with Gasteiger partial charge in [-0.2, -0.15) is 8.42 Å². The standard InChI is InChI=1S/C43H83NO5S/c1-3-5-7-9-11-13-15-17-19-21-22-23-25-27-29-31-33-35-37-39-43(46)44-41(40-50(47,48)49)42(45)38-36-34-32-30-28-26-24-20-18-16-14-12-10-8-6-4-2/h11,13,17,19,41-42,45H,3-10,12,14-16,18,20-40H2,1-2H3,(H,44,46)(H,47,48,49)/b13-11-,19-17-. The second kappa shape index (κ2) is 37.6. The minimum Gasteiger partial charge on any atom is -0.391 e. The van der Waals surface area contributed by atoms with Gasteiger partial charge >= 0.3 is 0 Å². The molecule has 296 valence electrons. The van der Waals surface area contributed by atoms with E-state index < -0.39 is 28.0 Å². The first kappa shape index (κ1) is 48.8. The Morgan fingerprint density at radius 2 is 0.900 bits per heavy atom. The van der Waals surface area contributed by atoms with Crippen LogP contribution in [0.25, 0.3) is 0 Å². The van der Waals surface area contributed by atoms with Crippen LogP contribution in [0.15, 0.2) is 24.3 Å². The van der Waals surface area contributed by atoms with Gasteiger partial charge in [-0.05, 0) is 44.9 Å². The van der Waals surface area contributed by atoms with Crippen molar-refractivity contribution in [1.29, 1.82) is 0 Å². The van der Waals surface area contributed by atoms with Crippen LogP contribution in [0.1, 0.15) is 226 Å². The summed E-state index contributed by atoms with van der Waals surface area (Å²) in [5.74, 6) is -0.896. The number of amides is 1. The molecule has 2 unspecified atom stereocenters. The largest absolute Gasteiger partial charge is 0.391 e. The summed E-state index contributed by atoms with van der Waals surface area (Å²) in [5, 5.41) is 13.4. The number of unbranched alkanes of at least 4 members (excludes halogenated alkanes) is 27. The SMILES string of the molecule is CCCCC/C=C\C/C=C\CCCCCCCCCCCC(=O)NC(CS(=O)(=O)O)C(O)CCCCCCCCCCCCCCCCCC. The minimum absolute atomic E-state index is 0.248. The number of hydrogen-bond donors (Lipinski definition) is 3. The summed E-state index contributed by atoms with van der Waals surface area (Å²) in [6.07, 6.45) is 46.9. The molecule has 0 spiro atoms. The first-order valence-electron chi connectivity index (χ1n) is 21.5. The average Bonchev–Trinajstić information content (AvgIpc) is 3.08. The van der Waals surface area contributed by atoms with Gasteiger partial charge in [-0.1, -0.05) is 199 Å². The van der Waals surface area contributed by atoms with Gasteiger partial charge in [0.1, 0.15) is 0 Å². The van der Waals surface area contributed by atoms with Crippen LogP contribution >= 0.6 is 0 Å². The zero-order valence-corrected chi connectivity index (χ0v) is 33.8. The van der Waals surface area contributed by atoms with E-state index in [2.05, 4.69) is 43.5 Å². The number of aliphatic hydroxyl groups excluding tert-OH is 1. The van der Waals surface area contributed by atoms with E-state index in [1.54, 1.807) is 0 Å². The van der Waals surface area contributed by atoms with Crippen LogP contribution in [0.3, 0.4) is 0 Å². The van der Waals surface area contributed by atoms with Gasteiger partial charge in [-0.3, -0.25) is 9.35 Å². The third-order valence-corrected chi connectivity index (χ3v) is 10.7. The highest BCUT2D eigenvalue weighted by Gasteiger charge is 2.26. The quantitative estimate of drug-likeness (QED) is 0.0332. The predicted octanol–water partition coefficient (Wildman–Crippen LogP) is 12.7. The lowest BCUT2D eigenvalue weighted by Crippen LogP contribution is -2.47. The molecule has 0 aromatic heterocycles. The van der Waals surface area contributed by atoms with Crippen LogP contribution in [0, 0.1) is 0 Å². The van der Waals surface area contributed by atoms with E-state index in [0.29, 0.717) is 12.8 Å². The number of carbonyl (C=O) groups excluding carboxylic acids is 1. The van der Waals surface area contributed by atoms with Crippen molar-refractivity contribution in [3.63, 3.8) is 0 Å². The molecule has 50 heavy (non-hydrogen) atoms. The number of rotatable bonds is 39. The van der Waals surface area contributed by atoms with E-state index in [1.807, 2.05) is 0 Å². The Hall–Kier alpha value is -1.18. The number of allylic oxidation sites excluding steroid dienone is 4. The minimum atomic E-state index is -4.31. The van der Waals surface area contributed by atoms with Gasteiger partial charge in [-0.15, -0.1) is 0 Å². The zero-order chi connectivity index (χ0) is 36.8. The molecule has 0 aliphatic rings. The highest BCUT2D eigenvalue weighted by molar-refractivity contribution is 7.85. The average molecular weight is 726 g/mol. The molecule has 0 bridgehead atoms. The van der Waals surface area contributed by atoms with E-state index in [1.165, 1.54) is 154 Å². The maximum atomic E-state index is 12.5. The summed E-state index contributed by atoms with van der Waals surface area (Å²) in [6.45, 7) is 4.51. The summed E-state index contributed by atoms with van der Waals surface area (Å²) >= 11 is 0. The van der Waals surface area contributed by atoms with Crippen LogP contribution in [0.4, 0.5) is 0 Å². The topological polar surface area (TPSA) is 104 Å². The van der Waals surface area contributed by atoms with Gasteiger partial charge in [-0.25, -0.2) is 0 Å². The summed E-state index contributed by atoms with van der Waals surface area (Å²) in [4.78, 5) is 12.5. The molecule has 6 nitrogen and oxygen atoms in total.